The van der Waals surface area contributed by atoms with Crippen LogP contribution in [0.5, 0.6) is 0 Å². The van der Waals surface area contributed by atoms with Crippen LogP contribution >= 0.6 is 11.3 Å². The van der Waals surface area contributed by atoms with Gasteiger partial charge in [-0.05, 0) is 62.8 Å². The molecular formula is C19H26N4O2S2. The van der Waals surface area contributed by atoms with Crippen molar-refractivity contribution in [2.75, 3.05) is 23.7 Å². The van der Waals surface area contributed by atoms with E-state index in [1.165, 1.54) is 52.8 Å². The molecule has 0 atom stereocenters. The minimum absolute atomic E-state index is 0.0984. The van der Waals surface area contributed by atoms with Gasteiger partial charge in [-0.25, -0.2) is 23.5 Å². The molecule has 0 aromatic carbocycles. The molecule has 0 radical (unpaired) electrons. The van der Waals surface area contributed by atoms with Crippen molar-refractivity contribution >= 4 is 37.4 Å². The second-order valence-corrected chi connectivity index (χ2v) is 11.1. The van der Waals surface area contributed by atoms with Gasteiger partial charge in [-0.15, -0.1) is 11.3 Å². The van der Waals surface area contributed by atoms with Gasteiger partial charge in [-0.2, -0.15) is 0 Å². The van der Waals surface area contributed by atoms with Gasteiger partial charge >= 0.3 is 0 Å². The lowest BCUT2D eigenvalue weighted by Crippen LogP contribution is -2.37. The number of nitrogens with two attached hydrogens (primary N) is 1. The maximum atomic E-state index is 11.4. The van der Waals surface area contributed by atoms with E-state index in [-0.39, 0.29) is 11.7 Å². The summed E-state index contributed by atoms with van der Waals surface area (Å²) in [5.41, 5.74) is 1.48. The number of thiophene rings is 1. The number of fused-ring (bicyclic) bond motifs is 3. The van der Waals surface area contributed by atoms with Crippen molar-refractivity contribution in [3.8, 4) is 0 Å². The zero-order chi connectivity index (χ0) is 18.6. The lowest BCUT2D eigenvalue weighted by molar-refractivity contribution is 0.434. The number of primary sulfonamides is 1. The van der Waals surface area contributed by atoms with Crippen LogP contribution in [0.3, 0.4) is 0 Å². The summed E-state index contributed by atoms with van der Waals surface area (Å²) in [4.78, 5) is 15.0. The molecule has 146 valence electrons. The van der Waals surface area contributed by atoms with E-state index >= 15 is 0 Å². The Hall–Kier alpha value is -1.25. The van der Waals surface area contributed by atoms with E-state index in [0.29, 0.717) is 5.92 Å². The van der Waals surface area contributed by atoms with Crippen LogP contribution in [0.25, 0.3) is 10.2 Å². The molecule has 3 aliphatic rings. The van der Waals surface area contributed by atoms with Crippen molar-refractivity contribution in [3.05, 3.63) is 16.3 Å². The summed E-state index contributed by atoms with van der Waals surface area (Å²) >= 11 is 1.87. The summed E-state index contributed by atoms with van der Waals surface area (Å²) in [7, 11) is -3.40. The topological polar surface area (TPSA) is 89.2 Å². The van der Waals surface area contributed by atoms with Crippen LogP contribution in [0.1, 0.15) is 60.7 Å². The number of hydrogen-bond donors (Lipinski definition) is 1. The van der Waals surface area contributed by atoms with Crippen molar-refractivity contribution in [2.24, 2.45) is 11.1 Å². The molecule has 0 spiro atoms. The molecule has 8 heteroatoms. The lowest BCUT2D eigenvalue weighted by atomic mass is 9.95. The fourth-order valence-electron chi connectivity index (χ4n) is 4.55. The Morgan fingerprint density at radius 2 is 1.81 bits per heavy atom. The van der Waals surface area contributed by atoms with Gasteiger partial charge in [0.25, 0.3) is 0 Å². The molecule has 2 aliphatic carbocycles. The predicted molar refractivity (Wildman–Crippen MR) is 109 cm³/mol. The standard InChI is InChI=1S/C19H26N4O2S2/c20-27(24,25)11-12-7-9-23(10-8-12)18-16-14-3-1-2-4-15(14)26-19(16)22-17(21-18)13-5-6-13/h12-13H,1-11H2,(H2,20,24,25). The molecule has 2 aromatic heterocycles. The van der Waals surface area contributed by atoms with Crippen LogP contribution in [-0.4, -0.2) is 37.2 Å². The number of anilines is 1. The zero-order valence-electron chi connectivity index (χ0n) is 15.5. The second kappa shape index (κ2) is 6.67. The van der Waals surface area contributed by atoms with Crippen LogP contribution < -0.4 is 10.0 Å². The van der Waals surface area contributed by atoms with Crippen LogP contribution in [0.15, 0.2) is 0 Å². The van der Waals surface area contributed by atoms with Gasteiger partial charge in [0, 0.05) is 23.9 Å². The van der Waals surface area contributed by atoms with Crippen molar-refractivity contribution in [1.82, 2.24) is 9.97 Å². The largest absolute Gasteiger partial charge is 0.356 e. The van der Waals surface area contributed by atoms with Gasteiger partial charge in [0.05, 0.1) is 11.1 Å². The fraction of sp³-hybridized carbons (Fsp3) is 0.684. The Bertz CT molecular complexity index is 973. The van der Waals surface area contributed by atoms with Gasteiger partial charge in [0.15, 0.2) is 0 Å². The number of aryl methyl sites for hydroxylation is 2. The van der Waals surface area contributed by atoms with Crippen molar-refractivity contribution in [3.63, 3.8) is 0 Å². The molecule has 0 bridgehead atoms. The number of hydrogen-bond acceptors (Lipinski definition) is 6. The van der Waals surface area contributed by atoms with Gasteiger partial charge < -0.3 is 4.90 Å². The van der Waals surface area contributed by atoms with E-state index < -0.39 is 10.0 Å². The predicted octanol–water partition coefficient (Wildman–Crippen LogP) is 2.95. The minimum atomic E-state index is -3.40. The third-order valence-corrected chi connectivity index (χ3v) is 8.26. The highest BCUT2D eigenvalue weighted by molar-refractivity contribution is 7.89. The Balaban J connectivity index is 1.49. The summed E-state index contributed by atoms with van der Waals surface area (Å²) in [5.74, 6) is 2.92. The number of sulfonamides is 1. The van der Waals surface area contributed by atoms with E-state index in [1.54, 1.807) is 0 Å². The first-order chi connectivity index (χ1) is 13.0. The van der Waals surface area contributed by atoms with Gasteiger partial charge in [0.2, 0.25) is 10.0 Å². The van der Waals surface area contributed by atoms with Gasteiger partial charge in [-0.1, -0.05) is 0 Å². The highest BCUT2D eigenvalue weighted by Gasteiger charge is 2.32. The third kappa shape index (κ3) is 3.59. The van der Waals surface area contributed by atoms with Crippen molar-refractivity contribution < 1.29 is 8.42 Å². The monoisotopic (exact) mass is 406 g/mol. The van der Waals surface area contributed by atoms with Crippen molar-refractivity contribution in [2.45, 2.75) is 57.3 Å². The molecule has 1 saturated heterocycles. The number of piperidine rings is 1. The average Bonchev–Trinajstić information content (AvgIpc) is 3.41. The number of nitrogens with zero attached hydrogens (tertiary/aromatic N) is 3. The normalized spacial score (nSPS) is 21.6. The maximum Gasteiger partial charge on any atom is 0.209 e. The smallest absolute Gasteiger partial charge is 0.209 e. The quantitative estimate of drug-likeness (QED) is 0.843. The van der Waals surface area contributed by atoms with Gasteiger partial charge in [-0.3, -0.25) is 0 Å². The van der Waals surface area contributed by atoms with E-state index in [9.17, 15) is 8.42 Å². The maximum absolute atomic E-state index is 11.4. The van der Waals surface area contributed by atoms with E-state index in [4.69, 9.17) is 15.1 Å². The van der Waals surface area contributed by atoms with Crippen LogP contribution in [0.2, 0.25) is 0 Å². The molecule has 1 aliphatic heterocycles. The molecule has 6 nitrogen and oxygen atoms in total. The number of rotatable bonds is 4. The molecule has 5 rings (SSSR count). The van der Waals surface area contributed by atoms with E-state index in [2.05, 4.69) is 4.90 Å². The first-order valence-corrected chi connectivity index (χ1v) is 12.6. The average molecular weight is 407 g/mol. The van der Waals surface area contributed by atoms with E-state index in [0.717, 1.165) is 44.0 Å². The SMILES string of the molecule is NS(=O)(=O)CC1CCN(c2nc(C3CC3)nc3sc4c(c23)CCCC4)CC1. The molecule has 2 N–H and O–H groups in total. The zero-order valence-corrected chi connectivity index (χ0v) is 17.1. The molecular weight excluding hydrogens is 380 g/mol. The molecule has 27 heavy (non-hydrogen) atoms. The Kier molecular flexibility index (Phi) is 4.40. The van der Waals surface area contributed by atoms with Crippen molar-refractivity contribution in [1.29, 1.82) is 0 Å². The summed E-state index contributed by atoms with van der Waals surface area (Å²) in [6, 6.07) is 0. The molecule has 3 heterocycles. The van der Waals surface area contributed by atoms with Crippen LogP contribution in [0.4, 0.5) is 5.82 Å². The Morgan fingerprint density at radius 1 is 1.07 bits per heavy atom. The summed E-state index contributed by atoms with van der Waals surface area (Å²) in [6.45, 7) is 1.70. The lowest BCUT2D eigenvalue weighted by Gasteiger charge is -2.33. The third-order valence-electron chi connectivity index (χ3n) is 6.14. The molecule has 0 unspecified atom stereocenters. The van der Waals surface area contributed by atoms with E-state index in [1.807, 2.05) is 11.3 Å². The molecule has 0 amide bonds. The van der Waals surface area contributed by atoms with Crippen LogP contribution in [0, 0.1) is 5.92 Å². The Morgan fingerprint density at radius 3 is 2.52 bits per heavy atom. The highest BCUT2D eigenvalue weighted by Crippen LogP contribution is 2.44. The summed E-state index contributed by atoms with van der Waals surface area (Å²) in [5, 5.41) is 6.53. The Labute approximate surface area is 164 Å². The molecule has 1 saturated carbocycles. The fourth-order valence-corrected chi connectivity index (χ4v) is 6.80. The number of aromatic nitrogens is 2. The highest BCUT2D eigenvalue weighted by atomic mass is 32.2. The second-order valence-electron chi connectivity index (χ2n) is 8.33. The first-order valence-electron chi connectivity index (χ1n) is 10.1. The molecule has 2 aromatic rings. The molecule has 2 fully saturated rings. The summed E-state index contributed by atoms with van der Waals surface area (Å²) < 4.78 is 22.8. The summed E-state index contributed by atoms with van der Waals surface area (Å²) in [6.07, 6.45) is 8.94. The van der Waals surface area contributed by atoms with Crippen LogP contribution in [-0.2, 0) is 22.9 Å². The van der Waals surface area contributed by atoms with Gasteiger partial charge in [0.1, 0.15) is 16.5 Å². The minimum Gasteiger partial charge on any atom is -0.356 e. The first kappa shape index (κ1) is 17.8.